The number of hydrogen-bond donors (Lipinski definition) is 0. The number of thiophene rings is 1. The minimum atomic E-state index is -3.60. The SMILES string of the molecule is O=S(=O)(c1cccc(Cl)c1)N1CCCC(c2nc(-c3cccs3)no2)C1. The second-order valence-electron chi connectivity index (χ2n) is 6.09. The summed E-state index contributed by atoms with van der Waals surface area (Å²) in [4.78, 5) is 5.60. The van der Waals surface area contributed by atoms with E-state index in [2.05, 4.69) is 10.1 Å². The number of nitrogens with zero attached hydrogens (tertiary/aromatic N) is 3. The van der Waals surface area contributed by atoms with Crippen molar-refractivity contribution in [1.82, 2.24) is 14.4 Å². The first-order valence-electron chi connectivity index (χ1n) is 8.17. The molecule has 1 atom stereocenters. The summed E-state index contributed by atoms with van der Waals surface area (Å²) in [6.45, 7) is 0.790. The minimum Gasteiger partial charge on any atom is -0.339 e. The highest BCUT2D eigenvalue weighted by Gasteiger charge is 2.33. The van der Waals surface area contributed by atoms with Crippen LogP contribution in [0.3, 0.4) is 0 Å². The fraction of sp³-hybridized carbons (Fsp3) is 0.294. The molecule has 9 heteroatoms. The lowest BCUT2D eigenvalue weighted by Crippen LogP contribution is -2.39. The van der Waals surface area contributed by atoms with Crippen LogP contribution >= 0.6 is 22.9 Å². The lowest BCUT2D eigenvalue weighted by Gasteiger charge is -2.30. The monoisotopic (exact) mass is 409 g/mol. The zero-order chi connectivity index (χ0) is 18.1. The number of sulfonamides is 1. The van der Waals surface area contributed by atoms with Crippen LogP contribution in [0.15, 0.2) is 51.2 Å². The fourth-order valence-electron chi connectivity index (χ4n) is 3.05. The van der Waals surface area contributed by atoms with Crippen LogP contribution in [0.5, 0.6) is 0 Å². The van der Waals surface area contributed by atoms with Gasteiger partial charge in [0.25, 0.3) is 0 Å². The molecule has 4 rings (SSSR count). The molecule has 1 unspecified atom stereocenters. The van der Waals surface area contributed by atoms with Crippen molar-refractivity contribution in [2.75, 3.05) is 13.1 Å². The Balaban J connectivity index is 1.56. The molecule has 0 N–H and O–H groups in total. The second-order valence-corrected chi connectivity index (χ2v) is 9.42. The van der Waals surface area contributed by atoms with Crippen LogP contribution in [0.25, 0.3) is 10.7 Å². The van der Waals surface area contributed by atoms with Crippen molar-refractivity contribution in [2.24, 2.45) is 0 Å². The number of halogens is 1. The van der Waals surface area contributed by atoms with Crippen molar-refractivity contribution < 1.29 is 12.9 Å². The van der Waals surface area contributed by atoms with Gasteiger partial charge >= 0.3 is 0 Å². The Labute approximate surface area is 160 Å². The molecule has 0 saturated carbocycles. The normalized spacial score (nSPS) is 18.9. The van der Waals surface area contributed by atoms with Gasteiger partial charge < -0.3 is 4.52 Å². The summed E-state index contributed by atoms with van der Waals surface area (Å²) in [7, 11) is -3.60. The molecule has 1 aliphatic heterocycles. The lowest BCUT2D eigenvalue weighted by atomic mass is 10.00. The third kappa shape index (κ3) is 3.42. The number of piperidine rings is 1. The maximum absolute atomic E-state index is 12.9. The zero-order valence-corrected chi connectivity index (χ0v) is 16.1. The third-order valence-corrected chi connectivity index (χ3v) is 7.31. The molecule has 3 heterocycles. The maximum atomic E-state index is 12.9. The van der Waals surface area contributed by atoms with Crippen LogP contribution in [-0.2, 0) is 10.0 Å². The summed E-state index contributed by atoms with van der Waals surface area (Å²) in [6.07, 6.45) is 1.55. The van der Waals surface area contributed by atoms with Crippen molar-refractivity contribution in [3.63, 3.8) is 0 Å². The largest absolute Gasteiger partial charge is 0.339 e. The van der Waals surface area contributed by atoms with Gasteiger partial charge in [-0.2, -0.15) is 9.29 Å². The van der Waals surface area contributed by atoms with E-state index in [0.29, 0.717) is 29.8 Å². The molecular formula is C17H16ClN3O3S2. The summed E-state index contributed by atoms with van der Waals surface area (Å²) in [5, 5.41) is 6.38. The van der Waals surface area contributed by atoms with E-state index >= 15 is 0 Å². The fourth-order valence-corrected chi connectivity index (χ4v) is 5.52. The van der Waals surface area contributed by atoms with E-state index in [9.17, 15) is 8.42 Å². The number of aromatic nitrogens is 2. The standard InChI is InChI=1S/C17H16ClN3O3S2/c18-13-5-1-6-14(10-13)26(22,23)21-8-2-4-12(11-21)17-19-16(20-24-17)15-7-3-9-25-15/h1,3,5-7,9-10,12H,2,4,8,11H2. The summed E-state index contributed by atoms with van der Waals surface area (Å²) >= 11 is 7.49. The Kier molecular flexibility index (Phi) is 4.83. The van der Waals surface area contributed by atoms with Gasteiger partial charge in [-0.25, -0.2) is 8.42 Å². The average molecular weight is 410 g/mol. The van der Waals surface area contributed by atoms with Crippen molar-refractivity contribution in [2.45, 2.75) is 23.7 Å². The summed E-state index contributed by atoms with van der Waals surface area (Å²) < 4.78 is 32.7. The first-order chi connectivity index (χ1) is 12.5. The van der Waals surface area contributed by atoms with Gasteiger partial charge in [-0.1, -0.05) is 28.9 Å². The summed E-state index contributed by atoms with van der Waals surface area (Å²) in [5.74, 6) is 0.920. The first kappa shape index (κ1) is 17.7. The molecule has 1 aliphatic rings. The molecule has 1 fully saturated rings. The Morgan fingerprint density at radius 3 is 2.92 bits per heavy atom. The van der Waals surface area contributed by atoms with Gasteiger partial charge in [0.05, 0.1) is 15.7 Å². The van der Waals surface area contributed by atoms with Crippen molar-refractivity contribution in [1.29, 1.82) is 0 Å². The molecule has 0 spiro atoms. The topological polar surface area (TPSA) is 76.3 Å². The smallest absolute Gasteiger partial charge is 0.243 e. The van der Waals surface area contributed by atoms with Crippen molar-refractivity contribution in [3.05, 3.63) is 52.7 Å². The molecule has 2 aromatic heterocycles. The van der Waals surface area contributed by atoms with E-state index in [1.54, 1.807) is 18.2 Å². The van der Waals surface area contributed by atoms with Gasteiger partial charge in [-0.05, 0) is 42.5 Å². The molecule has 3 aromatic rings. The molecule has 1 aromatic carbocycles. The zero-order valence-electron chi connectivity index (χ0n) is 13.7. The third-order valence-electron chi connectivity index (χ3n) is 4.35. The van der Waals surface area contributed by atoms with Crippen molar-refractivity contribution >= 4 is 33.0 Å². The first-order valence-corrected chi connectivity index (χ1v) is 10.9. The maximum Gasteiger partial charge on any atom is 0.243 e. The molecule has 26 heavy (non-hydrogen) atoms. The predicted molar refractivity (Wildman–Crippen MR) is 99.8 cm³/mol. The second kappa shape index (κ2) is 7.11. The highest BCUT2D eigenvalue weighted by Crippen LogP contribution is 2.31. The molecule has 0 amide bonds. The van der Waals surface area contributed by atoms with Crippen LogP contribution < -0.4 is 0 Å². The Morgan fingerprint density at radius 2 is 2.15 bits per heavy atom. The number of hydrogen-bond acceptors (Lipinski definition) is 6. The molecule has 0 bridgehead atoms. The van der Waals surface area contributed by atoms with Gasteiger partial charge in [0, 0.05) is 18.1 Å². The van der Waals surface area contributed by atoms with E-state index in [0.717, 1.165) is 17.7 Å². The summed E-state index contributed by atoms with van der Waals surface area (Å²) in [5.41, 5.74) is 0. The van der Waals surface area contributed by atoms with Crippen LogP contribution in [0.1, 0.15) is 24.7 Å². The average Bonchev–Trinajstić information content (AvgIpc) is 3.33. The Hall–Kier alpha value is -1.74. The quantitative estimate of drug-likeness (QED) is 0.650. The molecule has 1 saturated heterocycles. The van der Waals surface area contributed by atoms with Gasteiger partial charge in [-0.3, -0.25) is 0 Å². The van der Waals surface area contributed by atoms with E-state index in [-0.39, 0.29) is 10.8 Å². The van der Waals surface area contributed by atoms with Crippen LogP contribution in [0, 0.1) is 0 Å². The van der Waals surface area contributed by atoms with E-state index in [1.807, 2.05) is 17.5 Å². The van der Waals surface area contributed by atoms with Gasteiger partial charge in [-0.15, -0.1) is 11.3 Å². The van der Waals surface area contributed by atoms with Crippen LogP contribution in [-0.4, -0.2) is 36.0 Å². The van der Waals surface area contributed by atoms with E-state index in [4.69, 9.17) is 16.1 Å². The molecule has 136 valence electrons. The molecule has 6 nitrogen and oxygen atoms in total. The minimum absolute atomic E-state index is 0.112. The molecule has 0 aliphatic carbocycles. The van der Waals surface area contributed by atoms with Crippen LogP contribution in [0.4, 0.5) is 0 Å². The number of rotatable bonds is 4. The van der Waals surface area contributed by atoms with E-state index in [1.165, 1.54) is 21.7 Å². The molecular weight excluding hydrogens is 394 g/mol. The van der Waals surface area contributed by atoms with Gasteiger partial charge in [0.2, 0.25) is 21.7 Å². The van der Waals surface area contributed by atoms with Crippen molar-refractivity contribution in [3.8, 4) is 10.7 Å². The van der Waals surface area contributed by atoms with Gasteiger partial charge in [0.15, 0.2) is 0 Å². The Bertz CT molecular complexity index is 1000. The van der Waals surface area contributed by atoms with Crippen LogP contribution in [0.2, 0.25) is 5.02 Å². The predicted octanol–water partition coefficient (Wildman–Crippen LogP) is 4.02. The van der Waals surface area contributed by atoms with E-state index < -0.39 is 10.0 Å². The highest BCUT2D eigenvalue weighted by atomic mass is 35.5. The Morgan fingerprint density at radius 1 is 1.27 bits per heavy atom. The molecule has 0 radical (unpaired) electrons. The number of benzene rings is 1. The van der Waals surface area contributed by atoms with Gasteiger partial charge in [0.1, 0.15) is 0 Å². The highest BCUT2D eigenvalue weighted by molar-refractivity contribution is 7.89. The summed E-state index contributed by atoms with van der Waals surface area (Å²) in [6, 6.07) is 10.2. The lowest BCUT2D eigenvalue weighted by molar-refractivity contribution is 0.265.